The van der Waals surface area contributed by atoms with E-state index in [-0.39, 0.29) is 30.1 Å². The van der Waals surface area contributed by atoms with Gasteiger partial charge in [0.1, 0.15) is 5.82 Å². The molecule has 0 saturated carbocycles. The van der Waals surface area contributed by atoms with Crippen molar-refractivity contribution in [1.29, 1.82) is 0 Å². The zero-order chi connectivity index (χ0) is 15.2. The fourth-order valence-corrected chi connectivity index (χ4v) is 2.46. The number of aliphatic imine (C=N–C) groups is 1. The minimum atomic E-state index is 0. The molecule has 0 radical (unpaired) electrons. The van der Waals surface area contributed by atoms with Gasteiger partial charge in [-0.2, -0.15) is 0 Å². The van der Waals surface area contributed by atoms with Crippen molar-refractivity contribution in [3.8, 4) is 0 Å². The molecule has 0 aromatic carbocycles. The number of aromatic nitrogens is 1. The smallest absolute Gasteiger partial charge is 0.191 e. The summed E-state index contributed by atoms with van der Waals surface area (Å²) < 4.78 is 5.47. The van der Waals surface area contributed by atoms with E-state index >= 15 is 0 Å². The first-order chi connectivity index (χ1) is 10.1. The summed E-state index contributed by atoms with van der Waals surface area (Å²) in [5.74, 6) is 1.14. The Morgan fingerprint density at radius 2 is 2.36 bits per heavy atom. The van der Waals surface area contributed by atoms with Crippen molar-refractivity contribution in [3.05, 3.63) is 22.3 Å². The Morgan fingerprint density at radius 3 is 3.05 bits per heavy atom. The average Bonchev–Trinajstić information content (AvgIpc) is 2.45. The first kappa shape index (κ1) is 19.5. The minimum Gasteiger partial charge on any atom is -0.375 e. The third kappa shape index (κ3) is 5.94. The number of morpholine rings is 1. The fraction of sp³-hybridized carbons (Fsp3) is 0.538. The molecular weight excluding hydrogens is 440 g/mol. The predicted molar refractivity (Wildman–Crippen MR) is 102 cm³/mol. The Morgan fingerprint density at radius 1 is 1.59 bits per heavy atom. The molecule has 1 aromatic rings. The summed E-state index contributed by atoms with van der Waals surface area (Å²) >= 11 is 11.8. The molecule has 0 amide bonds. The summed E-state index contributed by atoms with van der Waals surface area (Å²) in [6.45, 7) is 5.38. The molecule has 22 heavy (non-hydrogen) atoms. The van der Waals surface area contributed by atoms with Gasteiger partial charge in [-0.3, -0.25) is 4.99 Å². The molecule has 124 valence electrons. The summed E-state index contributed by atoms with van der Waals surface area (Å²) in [6, 6.07) is 1.64. The molecule has 1 aliphatic heterocycles. The van der Waals surface area contributed by atoms with Crippen molar-refractivity contribution >= 4 is 59.0 Å². The van der Waals surface area contributed by atoms with Gasteiger partial charge in [-0.1, -0.05) is 23.2 Å². The third-order valence-electron chi connectivity index (χ3n) is 3.05. The molecule has 1 aliphatic rings. The number of nitrogens with one attached hydrogen (secondary N) is 1. The van der Waals surface area contributed by atoms with Crippen molar-refractivity contribution in [2.75, 3.05) is 38.1 Å². The molecule has 0 aliphatic carbocycles. The zero-order valence-electron chi connectivity index (χ0n) is 12.3. The largest absolute Gasteiger partial charge is 0.375 e. The Hall–Kier alpha value is -0.510. The molecule has 1 fully saturated rings. The number of guanidine groups is 1. The summed E-state index contributed by atoms with van der Waals surface area (Å²) in [4.78, 5) is 10.5. The predicted octanol–water partition coefficient (Wildman–Crippen LogP) is 2.45. The lowest BCUT2D eigenvalue weighted by Gasteiger charge is -2.31. The van der Waals surface area contributed by atoms with Crippen LogP contribution in [0.15, 0.2) is 17.3 Å². The number of ether oxygens (including phenoxy) is 1. The summed E-state index contributed by atoms with van der Waals surface area (Å²) in [5, 5.41) is 4.10. The van der Waals surface area contributed by atoms with E-state index in [1.165, 1.54) is 0 Å². The van der Waals surface area contributed by atoms with E-state index < -0.39 is 0 Å². The molecule has 0 bridgehead atoms. The van der Waals surface area contributed by atoms with E-state index in [2.05, 4.69) is 15.3 Å². The van der Waals surface area contributed by atoms with Crippen LogP contribution in [0, 0.1) is 0 Å². The molecule has 2 rings (SSSR count). The highest BCUT2D eigenvalue weighted by Gasteiger charge is 2.17. The van der Waals surface area contributed by atoms with Crippen LogP contribution in [0.5, 0.6) is 0 Å². The lowest BCUT2D eigenvalue weighted by Crippen LogP contribution is -2.48. The van der Waals surface area contributed by atoms with Gasteiger partial charge in [0.05, 0.1) is 29.3 Å². The highest BCUT2D eigenvalue weighted by Crippen LogP contribution is 2.22. The van der Waals surface area contributed by atoms with E-state index in [0.29, 0.717) is 41.5 Å². The number of nitrogens with two attached hydrogens (primary N) is 1. The first-order valence-corrected chi connectivity index (χ1v) is 7.53. The van der Waals surface area contributed by atoms with Crippen molar-refractivity contribution in [2.45, 2.75) is 13.0 Å². The normalized spacial score (nSPS) is 18.8. The van der Waals surface area contributed by atoms with E-state index in [1.807, 2.05) is 11.8 Å². The van der Waals surface area contributed by atoms with E-state index in [4.69, 9.17) is 33.7 Å². The van der Waals surface area contributed by atoms with Crippen molar-refractivity contribution in [3.63, 3.8) is 0 Å². The quantitative estimate of drug-likeness (QED) is 0.313. The third-order valence-corrected chi connectivity index (χ3v) is 3.55. The van der Waals surface area contributed by atoms with Crippen molar-refractivity contribution in [1.82, 2.24) is 9.88 Å². The Bertz CT molecular complexity index is 517. The molecule has 1 saturated heterocycles. The summed E-state index contributed by atoms with van der Waals surface area (Å²) in [7, 11) is 0. The van der Waals surface area contributed by atoms with Gasteiger partial charge in [0.2, 0.25) is 0 Å². The van der Waals surface area contributed by atoms with Crippen LogP contribution in [-0.4, -0.2) is 54.7 Å². The van der Waals surface area contributed by atoms with Gasteiger partial charge in [0.25, 0.3) is 0 Å². The molecule has 3 N–H and O–H groups in total. The number of hydrogen-bond acceptors (Lipinski definition) is 4. The average molecular weight is 460 g/mol. The van der Waals surface area contributed by atoms with Gasteiger partial charge in [-0.15, -0.1) is 24.0 Å². The van der Waals surface area contributed by atoms with Crippen molar-refractivity contribution < 1.29 is 4.74 Å². The zero-order valence-corrected chi connectivity index (χ0v) is 16.1. The van der Waals surface area contributed by atoms with Gasteiger partial charge < -0.3 is 20.7 Å². The Kier molecular flexibility index (Phi) is 8.52. The van der Waals surface area contributed by atoms with Crippen LogP contribution in [0.2, 0.25) is 10.0 Å². The number of halogens is 3. The number of pyridine rings is 1. The summed E-state index contributed by atoms with van der Waals surface area (Å²) in [5.41, 5.74) is 5.97. The topological polar surface area (TPSA) is 75.8 Å². The molecule has 0 spiro atoms. The molecule has 1 aromatic heterocycles. The minimum absolute atomic E-state index is 0. The molecule has 2 heterocycles. The Balaban J connectivity index is 0.00000242. The van der Waals surface area contributed by atoms with Crippen LogP contribution in [0.4, 0.5) is 5.82 Å². The molecular formula is C13H20Cl2IN5O. The number of nitrogens with zero attached hydrogens (tertiary/aromatic N) is 3. The second kappa shape index (κ2) is 9.59. The van der Waals surface area contributed by atoms with Gasteiger partial charge in [0, 0.05) is 25.8 Å². The van der Waals surface area contributed by atoms with Crippen LogP contribution in [-0.2, 0) is 4.74 Å². The van der Waals surface area contributed by atoms with E-state index in [0.717, 1.165) is 13.1 Å². The monoisotopic (exact) mass is 459 g/mol. The lowest BCUT2D eigenvalue weighted by molar-refractivity contribution is 0.00531. The molecule has 1 unspecified atom stereocenters. The van der Waals surface area contributed by atoms with Gasteiger partial charge >= 0.3 is 0 Å². The van der Waals surface area contributed by atoms with Gasteiger partial charge in [-0.05, 0) is 13.0 Å². The maximum Gasteiger partial charge on any atom is 0.191 e. The second-order valence-corrected chi connectivity index (χ2v) is 5.62. The van der Waals surface area contributed by atoms with Crippen LogP contribution < -0.4 is 11.1 Å². The molecule has 1 atom stereocenters. The van der Waals surface area contributed by atoms with Crippen LogP contribution in [0.1, 0.15) is 6.92 Å². The highest BCUT2D eigenvalue weighted by atomic mass is 127. The van der Waals surface area contributed by atoms with Gasteiger partial charge in [-0.25, -0.2) is 4.98 Å². The van der Waals surface area contributed by atoms with E-state index in [9.17, 15) is 0 Å². The number of rotatable bonds is 4. The fourth-order valence-electron chi connectivity index (χ4n) is 2.02. The van der Waals surface area contributed by atoms with Crippen molar-refractivity contribution in [2.24, 2.45) is 10.7 Å². The van der Waals surface area contributed by atoms with Crippen LogP contribution in [0.3, 0.4) is 0 Å². The van der Waals surface area contributed by atoms with Crippen LogP contribution in [0.25, 0.3) is 0 Å². The Labute approximate surface area is 157 Å². The number of anilines is 1. The van der Waals surface area contributed by atoms with Gasteiger partial charge in [0.15, 0.2) is 5.96 Å². The summed E-state index contributed by atoms with van der Waals surface area (Å²) in [6.07, 6.45) is 1.73. The standard InChI is InChI=1S/C13H19Cl2N5O.HI/c1-9-8-20(4-5-21-9)13(16)18-3-2-17-12-11(15)6-10(14)7-19-12;/h6-7,9H,2-5,8H2,1H3,(H2,16,18)(H,17,19);1H. The maximum absolute atomic E-state index is 6.02. The van der Waals surface area contributed by atoms with E-state index in [1.54, 1.807) is 12.3 Å². The maximum atomic E-state index is 6.02. The van der Waals surface area contributed by atoms with Crippen LogP contribution >= 0.6 is 47.2 Å². The highest BCUT2D eigenvalue weighted by molar-refractivity contribution is 14.0. The number of hydrogen-bond donors (Lipinski definition) is 2. The SMILES string of the molecule is CC1CN(C(N)=NCCNc2ncc(Cl)cc2Cl)CCO1.I. The first-order valence-electron chi connectivity index (χ1n) is 6.77. The lowest BCUT2D eigenvalue weighted by atomic mass is 10.3. The molecule has 6 nitrogen and oxygen atoms in total. The second-order valence-electron chi connectivity index (χ2n) is 4.78. The molecule has 9 heteroatoms.